The van der Waals surface area contributed by atoms with Crippen LogP contribution in [0.25, 0.3) is 0 Å². The normalized spacial score (nSPS) is 14.3. The molecule has 7 heteroatoms. The van der Waals surface area contributed by atoms with Gasteiger partial charge in [0, 0.05) is 24.2 Å². The Kier molecular flexibility index (Phi) is 5.68. The summed E-state index contributed by atoms with van der Waals surface area (Å²) in [5, 5.41) is 11.2. The summed E-state index contributed by atoms with van der Waals surface area (Å²) in [6.07, 6.45) is 1.36. The molecule has 0 amide bonds. The van der Waals surface area contributed by atoms with Crippen LogP contribution in [-0.2, 0) is 17.9 Å². The molecule has 0 spiro atoms. The third-order valence-electron chi connectivity index (χ3n) is 3.63. The minimum atomic E-state index is -0.530. The van der Waals surface area contributed by atoms with Crippen molar-refractivity contribution in [2.45, 2.75) is 26.2 Å². The lowest BCUT2D eigenvalue weighted by Crippen LogP contribution is -2.31. The lowest BCUT2D eigenvalue weighted by molar-refractivity contribution is 0.0128. The zero-order valence-electron chi connectivity index (χ0n) is 13.9. The van der Waals surface area contributed by atoms with Crippen molar-refractivity contribution in [2.75, 3.05) is 27.0 Å². The van der Waals surface area contributed by atoms with Gasteiger partial charge in [0.2, 0.25) is 6.79 Å². The van der Waals surface area contributed by atoms with Crippen LogP contribution in [0, 0.1) is 6.92 Å². The fraction of sp³-hybridized carbons (Fsp3) is 0.471. The smallest absolute Gasteiger partial charge is 0.231 e. The fourth-order valence-electron chi connectivity index (χ4n) is 2.57. The summed E-state index contributed by atoms with van der Waals surface area (Å²) in [4.78, 5) is 7.51. The van der Waals surface area contributed by atoms with Crippen LogP contribution < -0.4 is 9.47 Å². The van der Waals surface area contributed by atoms with Gasteiger partial charge >= 0.3 is 0 Å². The quantitative estimate of drug-likeness (QED) is 0.787. The third kappa shape index (κ3) is 4.67. The zero-order chi connectivity index (χ0) is 16.9. The monoisotopic (exact) mass is 350 g/mol. The second-order valence-corrected chi connectivity index (χ2v) is 7.22. The lowest BCUT2D eigenvalue weighted by atomic mass is 10.2. The number of thiazole rings is 1. The molecule has 0 saturated heterocycles. The number of aromatic nitrogens is 1. The average molecular weight is 350 g/mol. The highest BCUT2D eigenvalue weighted by Crippen LogP contribution is 2.32. The Hall–Kier alpha value is -1.67. The van der Waals surface area contributed by atoms with Crippen molar-refractivity contribution < 1.29 is 19.3 Å². The van der Waals surface area contributed by atoms with Crippen molar-refractivity contribution in [1.29, 1.82) is 0 Å². The number of aryl methyl sites for hydroxylation is 1. The number of fused-ring (bicyclic) bond motifs is 1. The van der Waals surface area contributed by atoms with Gasteiger partial charge in [0.1, 0.15) is 0 Å². The largest absolute Gasteiger partial charge is 0.454 e. The molecule has 2 aromatic rings. The summed E-state index contributed by atoms with van der Waals surface area (Å²) < 4.78 is 16.2. The van der Waals surface area contributed by atoms with Gasteiger partial charge in [0.15, 0.2) is 11.5 Å². The zero-order valence-corrected chi connectivity index (χ0v) is 14.7. The lowest BCUT2D eigenvalue weighted by Gasteiger charge is -2.19. The first kappa shape index (κ1) is 17.2. The van der Waals surface area contributed by atoms with Gasteiger partial charge in [0.25, 0.3) is 0 Å². The Bertz CT molecular complexity index is 676. The van der Waals surface area contributed by atoms with Gasteiger partial charge in [-0.1, -0.05) is 6.07 Å². The van der Waals surface area contributed by atoms with E-state index in [9.17, 15) is 5.11 Å². The third-order valence-corrected chi connectivity index (χ3v) is 4.53. The maximum atomic E-state index is 10.1. The van der Waals surface area contributed by atoms with E-state index < -0.39 is 6.10 Å². The summed E-state index contributed by atoms with van der Waals surface area (Å²) in [7, 11) is 1.98. The SMILES string of the molecule is Cc1ncc(CN(C)CC(O)COCc2ccc3c(c2)OCO3)s1. The molecule has 130 valence electrons. The van der Waals surface area contributed by atoms with Crippen LogP contribution >= 0.6 is 11.3 Å². The number of hydrogen-bond donors (Lipinski definition) is 1. The minimum absolute atomic E-state index is 0.268. The highest BCUT2D eigenvalue weighted by molar-refractivity contribution is 7.11. The van der Waals surface area contributed by atoms with E-state index in [2.05, 4.69) is 9.88 Å². The van der Waals surface area contributed by atoms with Crippen molar-refractivity contribution in [3.05, 3.63) is 39.8 Å². The van der Waals surface area contributed by atoms with Gasteiger partial charge in [-0.3, -0.25) is 4.90 Å². The van der Waals surface area contributed by atoms with Gasteiger partial charge in [0.05, 0.1) is 24.3 Å². The molecule has 1 aliphatic heterocycles. The molecule has 1 N–H and O–H groups in total. The molecule has 3 rings (SSSR count). The number of hydrogen-bond acceptors (Lipinski definition) is 7. The molecule has 0 saturated carbocycles. The number of nitrogens with zero attached hydrogens (tertiary/aromatic N) is 2. The van der Waals surface area contributed by atoms with Gasteiger partial charge < -0.3 is 19.3 Å². The number of rotatable bonds is 8. The molecule has 2 heterocycles. The van der Waals surface area contributed by atoms with Crippen molar-refractivity contribution in [3.63, 3.8) is 0 Å². The van der Waals surface area contributed by atoms with E-state index in [0.717, 1.165) is 28.6 Å². The average Bonchev–Trinajstić information content (AvgIpc) is 3.15. The molecule has 1 aromatic carbocycles. The minimum Gasteiger partial charge on any atom is -0.454 e. The summed E-state index contributed by atoms with van der Waals surface area (Å²) in [5.74, 6) is 1.51. The molecular weight excluding hydrogens is 328 g/mol. The summed E-state index contributed by atoms with van der Waals surface area (Å²) in [6.45, 7) is 4.33. The van der Waals surface area contributed by atoms with Crippen LogP contribution in [0.4, 0.5) is 0 Å². The summed E-state index contributed by atoms with van der Waals surface area (Å²) in [5.41, 5.74) is 1.000. The Morgan fingerprint density at radius 1 is 1.38 bits per heavy atom. The van der Waals surface area contributed by atoms with Gasteiger partial charge in [-0.05, 0) is 31.7 Å². The second-order valence-electron chi connectivity index (χ2n) is 5.90. The summed E-state index contributed by atoms with van der Waals surface area (Å²) in [6, 6.07) is 5.73. The van der Waals surface area contributed by atoms with E-state index >= 15 is 0 Å². The molecule has 0 fully saturated rings. The first-order valence-corrected chi connectivity index (χ1v) is 8.66. The highest BCUT2D eigenvalue weighted by Gasteiger charge is 2.14. The molecular formula is C17H22N2O4S. The first-order chi connectivity index (χ1) is 11.6. The van der Waals surface area contributed by atoms with Crippen LogP contribution in [0.1, 0.15) is 15.4 Å². The first-order valence-electron chi connectivity index (χ1n) is 7.84. The van der Waals surface area contributed by atoms with E-state index in [0.29, 0.717) is 19.8 Å². The standard InChI is InChI=1S/C17H22N2O4S/c1-12-18-6-15(24-12)8-19(2)7-14(20)10-21-9-13-3-4-16-17(5-13)23-11-22-16/h3-6,14,20H,7-11H2,1-2H3. The Morgan fingerprint density at radius 2 is 2.21 bits per heavy atom. The van der Waals surface area contributed by atoms with Gasteiger partial charge in [-0.2, -0.15) is 0 Å². The molecule has 6 nitrogen and oxygen atoms in total. The molecule has 1 unspecified atom stereocenters. The van der Waals surface area contributed by atoms with Gasteiger partial charge in [-0.25, -0.2) is 4.98 Å². The molecule has 0 aliphatic carbocycles. The molecule has 1 aliphatic rings. The van der Waals surface area contributed by atoms with E-state index in [1.165, 1.54) is 4.88 Å². The number of aliphatic hydroxyl groups excluding tert-OH is 1. The van der Waals surface area contributed by atoms with E-state index in [4.69, 9.17) is 14.2 Å². The molecule has 1 atom stereocenters. The van der Waals surface area contributed by atoms with E-state index in [1.807, 2.05) is 38.4 Å². The predicted molar refractivity (Wildman–Crippen MR) is 91.4 cm³/mol. The highest BCUT2D eigenvalue weighted by atomic mass is 32.1. The van der Waals surface area contributed by atoms with Crippen LogP contribution in [0.15, 0.2) is 24.4 Å². The Balaban J connectivity index is 1.38. The van der Waals surface area contributed by atoms with Crippen LogP contribution in [-0.4, -0.2) is 48.1 Å². The Morgan fingerprint density at radius 3 is 3.00 bits per heavy atom. The van der Waals surface area contributed by atoms with Crippen LogP contribution in [0.5, 0.6) is 11.5 Å². The number of likely N-dealkylation sites (N-methyl/N-ethyl adjacent to an activating group) is 1. The topological polar surface area (TPSA) is 64.1 Å². The number of aliphatic hydroxyl groups is 1. The summed E-state index contributed by atoms with van der Waals surface area (Å²) >= 11 is 1.68. The van der Waals surface area contributed by atoms with Crippen LogP contribution in [0.2, 0.25) is 0 Å². The molecule has 0 radical (unpaired) electrons. The fourth-order valence-corrected chi connectivity index (χ4v) is 3.44. The molecule has 0 bridgehead atoms. The van der Waals surface area contributed by atoms with Crippen molar-refractivity contribution in [3.8, 4) is 11.5 Å². The van der Waals surface area contributed by atoms with Gasteiger partial charge in [-0.15, -0.1) is 11.3 Å². The van der Waals surface area contributed by atoms with E-state index in [1.54, 1.807) is 11.3 Å². The van der Waals surface area contributed by atoms with Crippen molar-refractivity contribution in [2.24, 2.45) is 0 Å². The maximum Gasteiger partial charge on any atom is 0.231 e. The number of benzene rings is 1. The Labute approximate surface area is 145 Å². The van der Waals surface area contributed by atoms with E-state index in [-0.39, 0.29) is 6.79 Å². The molecule has 24 heavy (non-hydrogen) atoms. The number of ether oxygens (including phenoxy) is 3. The van der Waals surface area contributed by atoms with Crippen LogP contribution in [0.3, 0.4) is 0 Å². The van der Waals surface area contributed by atoms with Crippen molar-refractivity contribution in [1.82, 2.24) is 9.88 Å². The second kappa shape index (κ2) is 7.94. The predicted octanol–water partition coefficient (Wildman–Crippen LogP) is 2.19. The molecule has 1 aromatic heterocycles. The maximum absolute atomic E-state index is 10.1. The van der Waals surface area contributed by atoms with Crippen molar-refractivity contribution >= 4 is 11.3 Å².